The largest absolute Gasteiger partial charge is 0.245 e. The molecule has 0 spiro atoms. The van der Waals surface area contributed by atoms with Gasteiger partial charge in [-0.3, -0.25) is 0 Å². The molecular formula is C33H35N2+. The van der Waals surface area contributed by atoms with Gasteiger partial charge in [-0.15, -0.1) is 0 Å². The SMILES string of the molecule is Cc1cc(C)c(N2C=[N+](c3c(C)cc(C)cc3C)[C@H](c3ccccc3)[C@@H]2c2ccccc2)c(C)c1. The van der Waals surface area contributed by atoms with Gasteiger partial charge in [0.25, 0.3) is 0 Å². The van der Waals surface area contributed by atoms with E-state index in [0.717, 1.165) is 0 Å². The molecule has 5 rings (SSSR count). The summed E-state index contributed by atoms with van der Waals surface area (Å²) in [6.45, 7) is 13.3. The zero-order valence-electron chi connectivity index (χ0n) is 21.7. The average Bonchev–Trinajstić information content (AvgIpc) is 3.18. The summed E-state index contributed by atoms with van der Waals surface area (Å²) in [5.74, 6) is 0. The first-order valence-electron chi connectivity index (χ1n) is 12.5. The molecule has 0 amide bonds. The van der Waals surface area contributed by atoms with Crippen LogP contribution in [0.25, 0.3) is 0 Å². The van der Waals surface area contributed by atoms with Gasteiger partial charge in [-0.05, 0) is 63.8 Å². The van der Waals surface area contributed by atoms with Crippen molar-refractivity contribution in [3.8, 4) is 0 Å². The molecule has 2 heteroatoms. The fourth-order valence-corrected chi connectivity index (χ4v) is 6.12. The van der Waals surface area contributed by atoms with Crippen molar-refractivity contribution in [1.82, 2.24) is 0 Å². The van der Waals surface area contributed by atoms with Crippen LogP contribution in [0.4, 0.5) is 11.4 Å². The lowest BCUT2D eigenvalue weighted by atomic mass is 9.91. The summed E-state index contributed by atoms with van der Waals surface area (Å²) in [6.07, 6.45) is 2.37. The van der Waals surface area contributed by atoms with Crippen LogP contribution in [0.2, 0.25) is 0 Å². The molecule has 0 unspecified atom stereocenters. The Morgan fingerprint density at radius 1 is 0.571 bits per heavy atom. The second kappa shape index (κ2) is 9.19. The van der Waals surface area contributed by atoms with E-state index in [1.165, 1.54) is 55.9 Å². The van der Waals surface area contributed by atoms with E-state index in [1.54, 1.807) is 0 Å². The molecule has 0 aliphatic carbocycles. The van der Waals surface area contributed by atoms with Gasteiger partial charge in [-0.25, -0.2) is 9.48 Å². The Morgan fingerprint density at radius 3 is 1.54 bits per heavy atom. The lowest BCUT2D eigenvalue weighted by molar-refractivity contribution is -0.482. The maximum atomic E-state index is 2.52. The molecule has 0 radical (unpaired) electrons. The predicted octanol–water partition coefficient (Wildman–Crippen LogP) is 8.21. The first-order chi connectivity index (χ1) is 16.8. The highest BCUT2D eigenvalue weighted by molar-refractivity contribution is 5.84. The molecule has 1 aliphatic rings. The molecule has 4 aromatic rings. The van der Waals surface area contributed by atoms with E-state index in [0.29, 0.717) is 0 Å². The van der Waals surface area contributed by atoms with Crippen molar-refractivity contribution in [3.05, 3.63) is 129 Å². The molecule has 176 valence electrons. The van der Waals surface area contributed by atoms with Crippen LogP contribution in [-0.2, 0) is 0 Å². The maximum absolute atomic E-state index is 2.52. The number of benzene rings is 4. The van der Waals surface area contributed by atoms with Crippen molar-refractivity contribution in [3.63, 3.8) is 0 Å². The minimum atomic E-state index is 0.138. The van der Waals surface area contributed by atoms with Crippen molar-refractivity contribution in [2.45, 2.75) is 53.6 Å². The van der Waals surface area contributed by atoms with Gasteiger partial charge in [0, 0.05) is 11.1 Å². The zero-order valence-corrected chi connectivity index (χ0v) is 21.7. The smallest absolute Gasteiger partial charge is 0.221 e. The summed E-state index contributed by atoms with van der Waals surface area (Å²) in [4.78, 5) is 2.52. The Hall–Kier alpha value is -3.65. The predicted molar refractivity (Wildman–Crippen MR) is 148 cm³/mol. The van der Waals surface area contributed by atoms with E-state index in [-0.39, 0.29) is 12.1 Å². The van der Waals surface area contributed by atoms with E-state index in [1.807, 2.05) is 0 Å². The standard InChI is InChI=1S/C33H35N2/c1-22-17-24(3)30(25(4)18-22)34-21-35(31-26(5)19-23(2)20-27(31)6)33(29-15-11-8-12-16-29)32(34)28-13-9-7-10-14-28/h7-21,32-33H,1-6H3/q+1/t32-,33+. The fourth-order valence-electron chi connectivity index (χ4n) is 6.12. The topological polar surface area (TPSA) is 6.25 Å². The average molecular weight is 460 g/mol. The van der Waals surface area contributed by atoms with Gasteiger partial charge < -0.3 is 0 Å². The second-order valence-corrected chi connectivity index (χ2v) is 10.1. The molecule has 35 heavy (non-hydrogen) atoms. The van der Waals surface area contributed by atoms with Crippen LogP contribution in [0, 0.1) is 41.5 Å². The minimum absolute atomic E-state index is 0.138. The first-order valence-corrected chi connectivity index (χ1v) is 12.5. The highest BCUT2D eigenvalue weighted by Crippen LogP contribution is 2.47. The molecule has 0 bridgehead atoms. The van der Waals surface area contributed by atoms with Crippen LogP contribution in [0.1, 0.15) is 56.6 Å². The van der Waals surface area contributed by atoms with Crippen molar-refractivity contribution < 1.29 is 4.58 Å². The molecular weight excluding hydrogens is 424 g/mol. The Labute approximate surface area is 210 Å². The highest BCUT2D eigenvalue weighted by Gasteiger charge is 2.47. The summed E-state index contributed by atoms with van der Waals surface area (Å²) in [7, 11) is 0. The summed E-state index contributed by atoms with van der Waals surface area (Å²) in [5.41, 5.74) is 13.1. The molecule has 0 N–H and O–H groups in total. The number of hydrogen-bond acceptors (Lipinski definition) is 1. The van der Waals surface area contributed by atoms with E-state index in [2.05, 4.69) is 142 Å². The molecule has 0 fully saturated rings. The third kappa shape index (κ3) is 4.18. The third-order valence-corrected chi connectivity index (χ3v) is 7.22. The number of nitrogens with zero attached hydrogens (tertiary/aromatic N) is 2. The summed E-state index contributed by atoms with van der Waals surface area (Å²) in [5, 5.41) is 0. The summed E-state index contributed by atoms with van der Waals surface area (Å²) in [6, 6.07) is 31.5. The second-order valence-electron chi connectivity index (χ2n) is 10.1. The van der Waals surface area contributed by atoms with Gasteiger partial charge in [0.05, 0.1) is 0 Å². The quantitative estimate of drug-likeness (QED) is 0.279. The van der Waals surface area contributed by atoms with Crippen molar-refractivity contribution >= 4 is 17.7 Å². The van der Waals surface area contributed by atoms with Crippen LogP contribution in [0.15, 0.2) is 84.9 Å². The van der Waals surface area contributed by atoms with Gasteiger partial charge in [0.15, 0.2) is 12.1 Å². The van der Waals surface area contributed by atoms with Crippen LogP contribution in [-0.4, -0.2) is 10.9 Å². The number of aryl methyl sites for hydroxylation is 6. The van der Waals surface area contributed by atoms with Gasteiger partial charge >= 0.3 is 0 Å². The third-order valence-electron chi connectivity index (χ3n) is 7.22. The number of rotatable bonds is 4. The van der Waals surface area contributed by atoms with Crippen LogP contribution < -0.4 is 4.90 Å². The Morgan fingerprint density at radius 2 is 1.03 bits per heavy atom. The Balaban J connectivity index is 1.82. The maximum Gasteiger partial charge on any atom is 0.245 e. The van der Waals surface area contributed by atoms with E-state index in [4.69, 9.17) is 0 Å². The summed E-state index contributed by atoms with van der Waals surface area (Å²) < 4.78 is 2.52. The molecule has 0 saturated carbocycles. The van der Waals surface area contributed by atoms with Crippen LogP contribution >= 0.6 is 0 Å². The molecule has 0 aromatic heterocycles. The van der Waals surface area contributed by atoms with Gasteiger partial charge in [-0.2, -0.15) is 0 Å². The van der Waals surface area contributed by atoms with E-state index < -0.39 is 0 Å². The zero-order chi connectivity index (χ0) is 24.7. The number of anilines is 1. The lowest BCUT2D eigenvalue weighted by Crippen LogP contribution is -2.27. The van der Waals surface area contributed by atoms with Gasteiger partial charge in [0.1, 0.15) is 11.4 Å². The monoisotopic (exact) mass is 459 g/mol. The van der Waals surface area contributed by atoms with Gasteiger partial charge in [-0.1, -0.05) is 96.1 Å². The van der Waals surface area contributed by atoms with Crippen LogP contribution in [0.3, 0.4) is 0 Å². The lowest BCUT2D eigenvalue weighted by Gasteiger charge is -2.26. The Kier molecular flexibility index (Phi) is 6.06. The molecule has 2 atom stereocenters. The first kappa shape index (κ1) is 23.1. The Bertz CT molecular complexity index is 1350. The van der Waals surface area contributed by atoms with Crippen molar-refractivity contribution in [1.29, 1.82) is 0 Å². The normalized spacial score (nSPS) is 17.5. The van der Waals surface area contributed by atoms with E-state index in [9.17, 15) is 0 Å². The minimum Gasteiger partial charge on any atom is -0.221 e. The van der Waals surface area contributed by atoms with Crippen molar-refractivity contribution in [2.24, 2.45) is 0 Å². The van der Waals surface area contributed by atoms with E-state index >= 15 is 0 Å². The molecule has 4 aromatic carbocycles. The molecule has 1 aliphatic heterocycles. The highest BCUT2D eigenvalue weighted by atomic mass is 15.3. The number of hydrogen-bond donors (Lipinski definition) is 0. The van der Waals surface area contributed by atoms with Crippen molar-refractivity contribution in [2.75, 3.05) is 4.90 Å². The molecule has 1 heterocycles. The van der Waals surface area contributed by atoms with Crippen LogP contribution in [0.5, 0.6) is 0 Å². The molecule has 2 nitrogen and oxygen atoms in total. The summed E-state index contributed by atoms with van der Waals surface area (Å²) >= 11 is 0. The molecule has 0 saturated heterocycles. The van der Waals surface area contributed by atoms with Gasteiger partial charge in [0.2, 0.25) is 6.34 Å². The fraction of sp³-hybridized carbons (Fsp3) is 0.242.